The minimum absolute atomic E-state index is 0.0325. The fourth-order valence-corrected chi connectivity index (χ4v) is 7.15. The molecule has 0 aromatic heterocycles. The van der Waals surface area contributed by atoms with Crippen LogP contribution >= 0.6 is 11.8 Å². The highest BCUT2D eigenvalue weighted by Gasteiger charge is 2.68. The molecule has 3 aliphatic rings. The Kier molecular flexibility index (Phi) is 5.84. The molecule has 3 amide bonds. The number of carbonyl (C=O) groups excluding carboxylic acids is 3. The van der Waals surface area contributed by atoms with E-state index in [0.29, 0.717) is 11.3 Å². The van der Waals surface area contributed by atoms with E-state index in [4.69, 9.17) is 0 Å². The van der Waals surface area contributed by atoms with Crippen LogP contribution in [0.15, 0.2) is 94.4 Å². The molecular weight excluding hydrogens is 534 g/mol. The number of amides is 3. The van der Waals surface area contributed by atoms with E-state index in [9.17, 15) is 34.4 Å². The lowest BCUT2D eigenvalue weighted by atomic mass is 9.71. The van der Waals surface area contributed by atoms with E-state index in [1.165, 1.54) is 22.7 Å². The van der Waals surface area contributed by atoms with Crippen LogP contribution < -0.4 is 0 Å². The van der Waals surface area contributed by atoms with Gasteiger partial charge in [-0.05, 0) is 30.2 Å². The molecule has 0 saturated carbocycles. The summed E-state index contributed by atoms with van der Waals surface area (Å²) in [5, 5.41) is 21.6. The zero-order chi connectivity index (χ0) is 28.3. The van der Waals surface area contributed by atoms with Gasteiger partial charge in [0, 0.05) is 27.3 Å². The maximum absolute atomic E-state index is 13.7. The van der Waals surface area contributed by atoms with Crippen LogP contribution in [0.5, 0.6) is 0 Å². The first kappa shape index (κ1) is 25.5. The van der Waals surface area contributed by atoms with E-state index in [0.717, 1.165) is 27.5 Å². The molecule has 3 heterocycles. The maximum Gasteiger partial charge on any atom is 0.353 e. The lowest BCUT2D eigenvalue weighted by molar-refractivity contribution is -0.384. The van der Waals surface area contributed by atoms with E-state index in [2.05, 4.69) is 0 Å². The summed E-state index contributed by atoms with van der Waals surface area (Å²) < 4.78 is 0. The van der Waals surface area contributed by atoms with E-state index < -0.39 is 46.1 Å². The van der Waals surface area contributed by atoms with Crippen LogP contribution in [0.1, 0.15) is 33.2 Å². The highest BCUT2D eigenvalue weighted by Crippen LogP contribution is 2.59. The number of benzene rings is 3. The Bertz CT molecular complexity index is 1660. The van der Waals surface area contributed by atoms with Gasteiger partial charge >= 0.3 is 5.97 Å². The SMILES string of the molecule is C[C@@]1(Cc2ccccc2)C(Sc2ccccc2)=C(C(=O)O)N2C(=O)[C@@H](N3C(=O)c4ccc([N+](=O)[O-])cc4C3=O)[C@H]21. The highest BCUT2D eigenvalue weighted by atomic mass is 32.2. The third-order valence-corrected chi connectivity index (χ3v) is 9.04. The van der Waals surface area contributed by atoms with Crippen molar-refractivity contribution in [3.05, 3.63) is 116 Å². The number of imide groups is 1. The van der Waals surface area contributed by atoms with Crippen molar-refractivity contribution in [2.75, 3.05) is 0 Å². The molecule has 6 rings (SSSR count). The van der Waals surface area contributed by atoms with Crippen molar-refractivity contribution in [3.63, 3.8) is 0 Å². The summed E-state index contributed by atoms with van der Waals surface area (Å²) in [4.78, 5) is 67.1. The van der Waals surface area contributed by atoms with E-state index >= 15 is 0 Å². The summed E-state index contributed by atoms with van der Waals surface area (Å²) in [6.07, 6.45) is 0.333. The number of carboxylic acids is 1. The van der Waals surface area contributed by atoms with Crippen LogP contribution in [-0.4, -0.2) is 55.6 Å². The lowest BCUT2D eigenvalue weighted by Gasteiger charge is -2.51. The average Bonchev–Trinajstić information content (AvgIpc) is 3.31. The van der Waals surface area contributed by atoms with Gasteiger partial charge < -0.3 is 5.11 Å². The molecule has 0 spiro atoms. The third kappa shape index (κ3) is 3.65. The molecule has 3 aromatic rings. The van der Waals surface area contributed by atoms with Crippen LogP contribution in [0.4, 0.5) is 5.69 Å². The smallest absolute Gasteiger partial charge is 0.353 e. The van der Waals surface area contributed by atoms with E-state index in [1.807, 2.05) is 67.6 Å². The summed E-state index contributed by atoms with van der Waals surface area (Å²) in [5.74, 6) is -3.53. The highest BCUT2D eigenvalue weighted by molar-refractivity contribution is 8.03. The number of rotatable bonds is 7. The molecule has 10 nitrogen and oxygen atoms in total. The van der Waals surface area contributed by atoms with Gasteiger partial charge in [-0.25, -0.2) is 4.79 Å². The van der Waals surface area contributed by atoms with Gasteiger partial charge in [0.05, 0.1) is 22.1 Å². The van der Waals surface area contributed by atoms with Gasteiger partial charge in [0.1, 0.15) is 11.7 Å². The number of carbonyl (C=O) groups is 4. The summed E-state index contributed by atoms with van der Waals surface area (Å²) in [6, 6.07) is 19.8. The first-order valence-electron chi connectivity index (χ1n) is 12.4. The quantitative estimate of drug-likeness (QED) is 0.199. The number of non-ortho nitro benzene ring substituents is 1. The number of hydrogen-bond acceptors (Lipinski definition) is 7. The lowest BCUT2D eigenvalue weighted by Crippen LogP contribution is -2.73. The molecule has 3 aliphatic heterocycles. The second-order valence-electron chi connectivity index (χ2n) is 10.0. The molecule has 0 bridgehead atoms. The van der Waals surface area contributed by atoms with Crippen LogP contribution in [0.2, 0.25) is 0 Å². The van der Waals surface area contributed by atoms with Crippen LogP contribution in [0.25, 0.3) is 0 Å². The average molecular weight is 556 g/mol. The molecule has 40 heavy (non-hydrogen) atoms. The summed E-state index contributed by atoms with van der Waals surface area (Å²) >= 11 is 1.24. The molecule has 11 heteroatoms. The minimum Gasteiger partial charge on any atom is -0.477 e. The van der Waals surface area contributed by atoms with Crippen molar-refractivity contribution >= 4 is 41.1 Å². The van der Waals surface area contributed by atoms with Gasteiger partial charge in [-0.2, -0.15) is 0 Å². The number of carboxylic acid groups (broad SMARTS) is 1. The number of nitro benzene ring substituents is 1. The van der Waals surface area contributed by atoms with Gasteiger partial charge in [-0.15, -0.1) is 0 Å². The van der Waals surface area contributed by atoms with E-state index in [-0.39, 0.29) is 22.5 Å². The normalized spacial score (nSPS) is 23.3. The number of nitro groups is 1. The van der Waals surface area contributed by atoms with Crippen molar-refractivity contribution in [1.82, 2.24) is 9.80 Å². The molecule has 200 valence electrons. The fraction of sp³-hybridized carbons (Fsp3) is 0.172. The Labute approximate surface area is 232 Å². The molecule has 1 fully saturated rings. The maximum atomic E-state index is 13.7. The second-order valence-corrected chi connectivity index (χ2v) is 11.1. The molecular formula is C29H21N3O7S. The van der Waals surface area contributed by atoms with Crippen molar-refractivity contribution in [2.45, 2.75) is 30.3 Å². The van der Waals surface area contributed by atoms with Crippen LogP contribution in [0, 0.1) is 15.5 Å². The number of thioether (sulfide) groups is 1. The van der Waals surface area contributed by atoms with Gasteiger partial charge in [0.2, 0.25) is 0 Å². The molecule has 0 radical (unpaired) electrons. The van der Waals surface area contributed by atoms with Crippen molar-refractivity contribution in [3.8, 4) is 0 Å². The monoisotopic (exact) mass is 555 g/mol. The topological polar surface area (TPSA) is 138 Å². The standard InChI is InChI=1S/C29H21N3O7S/c1-29(15-16-8-4-2-5-9-16)23-21(31-25(33)19-13-12-17(32(38)39)14-20(19)26(31)34)27(35)30(23)22(28(36)37)24(29)40-18-10-6-3-7-11-18/h2-14,21,23H,15H2,1H3,(H,36,37)/t21-,23-,29-/m0/s1. The number of β-lactam (4-membered cyclic amide) rings is 1. The van der Waals surface area contributed by atoms with Crippen molar-refractivity contribution in [2.24, 2.45) is 5.41 Å². The zero-order valence-electron chi connectivity index (χ0n) is 21.0. The first-order valence-corrected chi connectivity index (χ1v) is 13.2. The molecule has 0 unspecified atom stereocenters. The molecule has 1 saturated heterocycles. The number of hydrogen-bond donors (Lipinski definition) is 1. The van der Waals surface area contributed by atoms with Crippen molar-refractivity contribution < 1.29 is 29.2 Å². The minimum atomic E-state index is -1.29. The first-order chi connectivity index (χ1) is 19.1. The predicted molar refractivity (Wildman–Crippen MR) is 143 cm³/mol. The Morgan fingerprint density at radius 1 is 0.950 bits per heavy atom. The van der Waals surface area contributed by atoms with Crippen LogP contribution in [0.3, 0.4) is 0 Å². The van der Waals surface area contributed by atoms with Crippen LogP contribution in [-0.2, 0) is 16.0 Å². The van der Waals surface area contributed by atoms with Gasteiger partial charge in [0.15, 0.2) is 0 Å². The Hall–Kier alpha value is -4.77. The molecule has 0 aliphatic carbocycles. The summed E-state index contributed by atoms with van der Waals surface area (Å²) in [6.45, 7) is 1.85. The number of fused-ring (bicyclic) bond motifs is 2. The number of nitrogens with zero attached hydrogens (tertiary/aromatic N) is 3. The van der Waals surface area contributed by atoms with Gasteiger partial charge in [-0.1, -0.05) is 67.2 Å². The molecule has 3 atom stereocenters. The van der Waals surface area contributed by atoms with Gasteiger partial charge in [-0.3, -0.25) is 34.3 Å². The molecule has 1 N–H and O–H groups in total. The fourth-order valence-electron chi connectivity index (χ4n) is 5.91. The predicted octanol–water partition coefficient (Wildman–Crippen LogP) is 4.12. The summed E-state index contributed by atoms with van der Waals surface area (Å²) in [5.41, 5.74) is -0.817. The summed E-state index contributed by atoms with van der Waals surface area (Å²) in [7, 11) is 0. The van der Waals surface area contributed by atoms with E-state index in [1.54, 1.807) is 0 Å². The Morgan fingerprint density at radius 3 is 2.20 bits per heavy atom. The Balaban J connectivity index is 1.46. The molecule has 3 aromatic carbocycles. The number of aliphatic carboxylic acids is 1. The largest absolute Gasteiger partial charge is 0.477 e. The zero-order valence-corrected chi connectivity index (χ0v) is 21.8. The van der Waals surface area contributed by atoms with Gasteiger partial charge in [0.25, 0.3) is 23.4 Å². The van der Waals surface area contributed by atoms with Crippen molar-refractivity contribution in [1.29, 1.82) is 0 Å². The Morgan fingerprint density at radius 2 is 1.57 bits per heavy atom. The second kappa shape index (κ2) is 9.16. The third-order valence-electron chi connectivity index (χ3n) is 7.67.